The van der Waals surface area contributed by atoms with Crippen LogP contribution in [0.5, 0.6) is 0 Å². The minimum atomic E-state index is -0.498. The number of ketones is 1. The Bertz CT molecular complexity index is 988. The largest absolute Gasteiger partial charge is 0.454 e. The first-order valence-electron chi connectivity index (χ1n) is 8.98. The Labute approximate surface area is 171 Å². The van der Waals surface area contributed by atoms with Gasteiger partial charge < -0.3 is 9.64 Å². The number of carbonyl (C=O) groups is 2. The molecule has 0 N–H and O–H groups in total. The summed E-state index contributed by atoms with van der Waals surface area (Å²) in [6, 6.07) is 22.7. The van der Waals surface area contributed by atoms with Gasteiger partial charge in [-0.05, 0) is 47.5 Å². The highest BCUT2D eigenvalue weighted by Crippen LogP contribution is 2.28. The van der Waals surface area contributed by atoms with Crippen LogP contribution in [0.3, 0.4) is 0 Å². The summed E-state index contributed by atoms with van der Waals surface area (Å²) in [7, 11) is 0. The number of benzene rings is 3. The van der Waals surface area contributed by atoms with Crippen molar-refractivity contribution in [1.29, 1.82) is 0 Å². The highest BCUT2D eigenvalue weighted by atomic mass is 79.9. The van der Waals surface area contributed by atoms with Crippen molar-refractivity contribution in [3.05, 3.63) is 99.5 Å². The molecule has 0 unspecified atom stereocenters. The van der Waals surface area contributed by atoms with Gasteiger partial charge >= 0.3 is 5.97 Å². The van der Waals surface area contributed by atoms with Crippen LogP contribution < -0.4 is 4.90 Å². The number of hydrogen-bond acceptors (Lipinski definition) is 4. The SMILES string of the molecule is O=C(COC(=O)c1ccc(N2Cc3ccccc3C2)cc1)c1ccc(Br)cc1. The van der Waals surface area contributed by atoms with Crippen molar-refractivity contribution in [3.63, 3.8) is 0 Å². The summed E-state index contributed by atoms with van der Waals surface area (Å²) in [6.45, 7) is 1.45. The Morgan fingerprint density at radius 2 is 1.39 bits per heavy atom. The van der Waals surface area contributed by atoms with Crippen LogP contribution in [0.2, 0.25) is 0 Å². The Kier molecular flexibility index (Phi) is 5.26. The average Bonchev–Trinajstić information content (AvgIpc) is 3.16. The Balaban J connectivity index is 1.35. The van der Waals surface area contributed by atoms with Gasteiger partial charge in [0, 0.05) is 28.8 Å². The van der Waals surface area contributed by atoms with Crippen LogP contribution >= 0.6 is 15.9 Å². The number of hydrogen-bond donors (Lipinski definition) is 0. The molecular formula is C23H18BrNO3. The minimum Gasteiger partial charge on any atom is -0.454 e. The van der Waals surface area contributed by atoms with E-state index in [9.17, 15) is 9.59 Å². The zero-order valence-electron chi connectivity index (χ0n) is 15.1. The van der Waals surface area contributed by atoms with Crippen LogP contribution in [0, 0.1) is 0 Å². The van der Waals surface area contributed by atoms with Crippen molar-refractivity contribution < 1.29 is 14.3 Å². The number of esters is 1. The summed E-state index contributed by atoms with van der Waals surface area (Å²) in [5, 5.41) is 0. The number of carbonyl (C=O) groups excluding carboxylic acids is 2. The average molecular weight is 436 g/mol. The van der Waals surface area contributed by atoms with E-state index >= 15 is 0 Å². The molecule has 5 heteroatoms. The van der Waals surface area contributed by atoms with E-state index in [4.69, 9.17) is 4.74 Å². The predicted octanol–water partition coefficient (Wildman–Crippen LogP) is 5.01. The molecule has 0 aliphatic carbocycles. The van der Waals surface area contributed by atoms with Crippen molar-refractivity contribution in [2.75, 3.05) is 11.5 Å². The molecule has 0 bridgehead atoms. The summed E-state index contributed by atoms with van der Waals surface area (Å²) in [6.07, 6.45) is 0. The van der Waals surface area contributed by atoms with Gasteiger partial charge in [-0.2, -0.15) is 0 Å². The standard InChI is InChI=1S/C23H18BrNO3/c24-20-9-5-16(6-10-20)22(26)15-28-23(27)17-7-11-21(12-8-17)25-13-18-3-1-2-4-19(18)14-25/h1-12H,13-15H2. The Hall–Kier alpha value is -2.92. The molecule has 3 aromatic rings. The van der Waals surface area contributed by atoms with Crippen LogP contribution in [-0.4, -0.2) is 18.4 Å². The lowest BCUT2D eigenvalue weighted by molar-refractivity contribution is 0.0475. The quantitative estimate of drug-likeness (QED) is 0.417. The number of halogens is 1. The van der Waals surface area contributed by atoms with Crippen molar-refractivity contribution in [3.8, 4) is 0 Å². The molecule has 0 atom stereocenters. The molecule has 1 heterocycles. The number of Topliss-reactive ketones (excluding diaryl/α,β-unsaturated/α-hetero) is 1. The Morgan fingerprint density at radius 1 is 0.821 bits per heavy atom. The molecule has 4 rings (SSSR count). The van der Waals surface area contributed by atoms with Gasteiger partial charge in [0.2, 0.25) is 0 Å². The number of ether oxygens (including phenoxy) is 1. The first-order valence-corrected chi connectivity index (χ1v) is 9.77. The molecular weight excluding hydrogens is 418 g/mol. The van der Waals surface area contributed by atoms with E-state index in [2.05, 4.69) is 45.1 Å². The second-order valence-corrected chi connectivity index (χ2v) is 7.59. The third-order valence-corrected chi connectivity index (χ3v) is 5.34. The normalized spacial score (nSPS) is 12.5. The molecule has 0 saturated carbocycles. The molecule has 0 spiro atoms. The second kappa shape index (κ2) is 7.98. The van der Waals surface area contributed by atoms with Crippen LogP contribution in [0.15, 0.2) is 77.3 Å². The summed E-state index contributed by atoms with van der Waals surface area (Å²) in [4.78, 5) is 26.6. The maximum absolute atomic E-state index is 12.3. The van der Waals surface area contributed by atoms with Crippen molar-refractivity contribution in [1.82, 2.24) is 0 Å². The number of fused-ring (bicyclic) bond motifs is 1. The number of rotatable bonds is 5. The van der Waals surface area contributed by atoms with E-state index in [1.165, 1.54) is 11.1 Å². The first kappa shape index (κ1) is 18.4. The molecule has 1 aliphatic heterocycles. The lowest BCUT2D eigenvalue weighted by Crippen LogP contribution is -2.16. The fourth-order valence-electron chi connectivity index (χ4n) is 3.26. The van der Waals surface area contributed by atoms with E-state index in [-0.39, 0.29) is 12.4 Å². The van der Waals surface area contributed by atoms with Gasteiger partial charge in [0.05, 0.1) is 5.56 Å². The predicted molar refractivity (Wildman–Crippen MR) is 112 cm³/mol. The smallest absolute Gasteiger partial charge is 0.338 e. The van der Waals surface area contributed by atoms with Gasteiger partial charge in [-0.15, -0.1) is 0 Å². The van der Waals surface area contributed by atoms with Crippen LogP contribution in [0.25, 0.3) is 0 Å². The third-order valence-electron chi connectivity index (χ3n) is 4.81. The molecule has 4 nitrogen and oxygen atoms in total. The van der Waals surface area contributed by atoms with Crippen LogP contribution in [0.1, 0.15) is 31.8 Å². The van der Waals surface area contributed by atoms with Crippen LogP contribution in [0.4, 0.5) is 5.69 Å². The molecule has 0 radical (unpaired) electrons. The summed E-state index contributed by atoms with van der Waals surface area (Å²) in [5.41, 5.74) is 4.66. The molecule has 1 aliphatic rings. The molecule has 28 heavy (non-hydrogen) atoms. The maximum Gasteiger partial charge on any atom is 0.338 e. The summed E-state index contributed by atoms with van der Waals surface area (Å²) >= 11 is 3.33. The van der Waals surface area contributed by atoms with Gasteiger partial charge in [-0.3, -0.25) is 4.79 Å². The van der Waals surface area contributed by atoms with E-state index in [0.29, 0.717) is 11.1 Å². The van der Waals surface area contributed by atoms with E-state index in [1.807, 2.05) is 12.1 Å². The molecule has 3 aromatic carbocycles. The zero-order chi connectivity index (χ0) is 19.5. The highest BCUT2D eigenvalue weighted by molar-refractivity contribution is 9.10. The number of nitrogens with zero attached hydrogens (tertiary/aromatic N) is 1. The Morgan fingerprint density at radius 3 is 2.00 bits per heavy atom. The lowest BCUT2D eigenvalue weighted by Gasteiger charge is -2.17. The van der Waals surface area contributed by atoms with E-state index < -0.39 is 5.97 Å². The zero-order valence-corrected chi connectivity index (χ0v) is 16.7. The van der Waals surface area contributed by atoms with E-state index in [1.54, 1.807) is 36.4 Å². The number of anilines is 1. The summed E-state index contributed by atoms with van der Waals surface area (Å²) in [5.74, 6) is -0.728. The molecule has 0 aromatic heterocycles. The fourth-order valence-corrected chi connectivity index (χ4v) is 3.52. The lowest BCUT2D eigenvalue weighted by atomic mass is 10.1. The highest BCUT2D eigenvalue weighted by Gasteiger charge is 2.19. The van der Waals surface area contributed by atoms with Crippen molar-refractivity contribution in [2.24, 2.45) is 0 Å². The third kappa shape index (κ3) is 3.99. The molecule has 140 valence electrons. The monoisotopic (exact) mass is 435 g/mol. The van der Waals surface area contributed by atoms with Gasteiger partial charge in [0.15, 0.2) is 12.4 Å². The van der Waals surface area contributed by atoms with E-state index in [0.717, 1.165) is 23.2 Å². The van der Waals surface area contributed by atoms with Crippen LogP contribution in [-0.2, 0) is 17.8 Å². The minimum absolute atomic E-state index is 0.229. The summed E-state index contributed by atoms with van der Waals surface area (Å²) < 4.78 is 6.07. The van der Waals surface area contributed by atoms with Crippen molar-refractivity contribution in [2.45, 2.75) is 13.1 Å². The second-order valence-electron chi connectivity index (χ2n) is 6.68. The van der Waals surface area contributed by atoms with Gasteiger partial charge in [0.1, 0.15) is 0 Å². The first-order chi connectivity index (χ1) is 13.6. The molecule has 0 fully saturated rings. The molecule has 0 saturated heterocycles. The fraction of sp³-hybridized carbons (Fsp3) is 0.130. The maximum atomic E-state index is 12.3. The van der Waals surface area contributed by atoms with Gasteiger partial charge in [-0.25, -0.2) is 4.79 Å². The molecule has 0 amide bonds. The van der Waals surface area contributed by atoms with Gasteiger partial charge in [-0.1, -0.05) is 52.3 Å². The van der Waals surface area contributed by atoms with Gasteiger partial charge in [0.25, 0.3) is 0 Å². The van der Waals surface area contributed by atoms with Crippen molar-refractivity contribution >= 4 is 33.4 Å². The topological polar surface area (TPSA) is 46.6 Å².